The number of halogens is 2. The number of aliphatic hydroxyl groups excluding tert-OH is 1. The first kappa shape index (κ1) is 14.3. The van der Waals surface area contributed by atoms with E-state index in [1.54, 1.807) is 0 Å². The Labute approximate surface area is 102 Å². The zero-order valence-electron chi connectivity index (χ0n) is 9.49. The van der Waals surface area contributed by atoms with Crippen LogP contribution in [-0.4, -0.2) is 35.5 Å². The van der Waals surface area contributed by atoms with E-state index in [4.69, 9.17) is 5.11 Å². The first-order valence-corrected chi connectivity index (χ1v) is 5.28. The Bertz CT molecular complexity index is 395. The fourth-order valence-corrected chi connectivity index (χ4v) is 1.37. The van der Waals surface area contributed by atoms with Crippen LogP contribution < -0.4 is 10.6 Å². The van der Waals surface area contributed by atoms with E-state index in [-0.39, 0.29) is 19.6 Å². The summed E-state index contributed by atoms with van der Waals surface area (Å²) in [7, 11) is 0. The molecule has 7 heteroatoms. The molecule has 0 heterocycles. The molecule has 0 aromatic heterocycles. The van der Waals surface area contributed by atoms with Crippen molar-refractivity contribution in [3.05, 3.63) is 35.4 Å². The maximum absolute atomic E-state index is 12.8. The van der Waals surface area contributed by atoms with Crippen LogP contribution in [0.25, 0.3) is 0 Å². The first-order valence-electron chi connectivity index (χ1n) is 5.28. The van der Waals surface area contributed by atoms with Crippen LogP contribution in [0, 0.1) is 11.6 Å². The van der Waals surface area contributed by atoms with E-state index >= 15 is 0 Å². The normalized spacial score (nSPS) is 12.2. The van der Waals surface area contributed by atoms with Gasteiger partial charge < -0.3 is 20.8 Å². The second-order valence-corrected chi connectivity index (χ2v) is 3.75. The van der Waals surface area contributed by atoms with E-state index in [0.29, 0.717) is 5.56 Å². The average Bonchev–Trinajstić information content (AvgIpc) is 2.25. The molecule has 5 nitrogen and oxygen atoms in total. The van der Waals surface area contributed by atoms with Gasteiger partial charge in [-0.3, -0.25) is 0 Å². The minimum atomic E-state index is -1.22. The van der Waals surface area contributed by atoms with Crippen molar-refractivity contribution in [2.24, 2.45) is 0 Å². The molecule has 0 radical (unpaired) electrons. The number of carboxylic acid groups (broad SMARTS) is 1. The summed E-state index contributed by atoms with van der Waals surface area (Å²) in [6.07, 6.45) is -2.12. The summed E-state index contributed by atoms with van der Waals surface area (Å²) in [6.45, 7) is 0.178. The van der Waals surface area contributed by atoms with Gasteiger partial charge in [0.05, 0.1) is 6.10 Å². The summed E-state index contributed by atoms with van der Waals surface area (Å²) < 4.78 is 25.7. The summed E-state index contributed by atoms with van der Waals surface area (Å²) in [4.78, 5) is 10.1. The Kier molecular flexibility index (Phi) is 5.47. The van der Waals surface area contributed by atoms with Crippen molar-refractivity contribution in [2.45, 2.75) is 12.6 Å². The fraction of sp³-hybridized carbons (Fsp3) is 0.364. The second kappa shape index (κ2) is 6.87. The van der Waals surface area contributed by atoms with E-state index in [1.165, 1.54) is 12.1 Å². The molecule has 18 heavy (non-hydrogen) atoms. The topological polar surface area (TPSA) is 81.6 Å². The highest BCUT2D eigenvalue weighted by atomic mass is 19.1. The van der Waals surface area contributed by atoms with Gasteiger partial charge in [-0.25, -0.2) is 13.6 Å². The SMILES string of the molecule is O=C(O)NCC(O)CNCc1cc(F)cc(F)c1. The molecule has 1 rings (SSSR count). The van der Waals surface area contributed by atoms with Crippen molar-refractivity contribution in [1.82, 2.24) is 10.6 Å². The lowest BCUT2D eigenvalue weighted by Gasteiger charge is -2.11. The molecule has 0 bridgehead atoms. The number of benzene rings is 1. The monoisotopic (exact) mass is 260 g/mol. The van der Waals surface area contributed by atoms with Crippen LogP contribution in [0.3, 0.4) is 0 Å². The van der Waals surface area contributed by atoms with Crippen molar-refractivity contribution in [3.63, 3.8) is 0 Å². The van der Waals surface area contributed by atoms with E-state index < -0.39 is 23.8 Å². The molecule has 4 N–H and O–H groups in total. The van der Waals surface area contributed by atoms with Crippen LogP contribution in [0.15, 0.2) is 18.2 Å². The third-order valence-electron chi connectivity index (χ3n) is 2.12. The number of rotatable bonds is 6. The summed E-state index contributed by atoms with van der Waals surface area (Å²) in [5.41, 5.74) is 0.408. The van der Waals surface area contributed by atoms with Crippen molar-refractivity contribution >= 4 is 6.09 Å². The number of carbonyl (C=O) groups is 1. The molecular weight excluding hydrogens is 246 g/mol. The second-order valence-electron chi connectivity index (χ2n) is 3.75. The molecule has 1 aromatic carbocycles. The Morgan fingerprint density at radius 3 is 2.39 bits per heavy atom. The molecule has 0 fully saturated rings. The first-order chi connectivity index (χ1) is 8.47. The van der Waals surface area contributed by atoms with E-state index in [2.05, 4.69) is 5.32 Å². The highest BCUT2D eigenvalue weighted by Crippen LogP contribution is 2.07. The summed E-state index contributed by atoms with van der Waals surface area (Å²) in [5, 5.41) is 22.4. The van der Waals surface area contributed by atoms with Crippen LogP contribution in [0.2, 0.25) is 0 Å². The van der Waals surface area contributed by atoms with E-state index in [1.807, 2.05) is 5.32 Å². The van der Waals surface area contributed by atoms with E-state index in [0.717, 1.165) is 6.07 Å². The van der Waals surface area contributed by atoms with Crippen molar-refractivity contribution in [2.75, 3.05) is 13.1 Å². The highest BCUT2D eigenvalue weighted by Gasteiger charge is 2.06. The minimum Gasteiger partial charge on any atom is -0.465 e. The summed E-state index contributed by atoms with van der Waals surface area (Å²) in [5.74, 6) is -1.33. The number of aliphatic hydroxyl groups is 1. The predicted molar refractivity (Wildman–Crippen MR) is 60.1 cm³/mol. The molecule has 1 unspecified atom stereocenters. The van der Waals surface area contributed by atoms with Crippen LogP contribution in [-0.2, 0) is 6.54 Å². The lowest BCUT2D eigenvalue weighted by molar-refractivity contribution is 0.155. The van der Waals surface area contributed by atoms with E-state index in [9.17, 15) is 18.7 Å². The number of hydrogen-bond acceptors (Lipinski definition) is 3. The number of nitrogens with one attached hydrogen (secondary N) is 2. The van der Waals surface area contributed by atoms with Crippen LogP contribution in [0.5, 0.6) is 0 Å². The van der Waals surface area contributed by atoms with Gasteiger partial charge in [0.1, 0.15) is 11.6 Å². The number of amides is 1. The maximum Gasteiger partial charge on any atom is 0.404 e. The van der Waals surface area contributed by atoms with Gasteiger partial charge in [-0.15, -0.1) is 0 Å². The Morgan fingerprint density at radius 1 is 1.22 bits per heavy atom. The summed E-state index contributed by atoms with van der Waals surface area (Å²) >= 11 is 0. The molecule has 100 valence electrons. The third kappa shape index (κ3) is 5.55. The Morgan fingerprint density at radius 2 is 1.83 bits per heavy atom. The summed E-state index contributed by atoms with van der Waals surface area (Å²) in [6, 6.07) is 3.13. The lowest BCUT2D eigenvalue weighted by Crippen LogP contribution is -2.37. The van der Waals surface area contributed by atoms with Gasteiger partial charge in [-0.2, -0.15) is 0 Å². The molecule has 0 saturated heterocycles. The maximum atomic E-state index is 12.8. The van der Waals surface area contributed by atoms with Crippen molar-refractivity contribution < 1.29 is 23.8 Å². The Balaban J connectivity index is 2.30. The molecule has 1 atom stereocenters. The Hall–Kier alpha value is -1.73. The van der Waals surface area contributed by atoms with Crippen LogP contribution in [0.1, 0.15) is 5.56 Å². The standard InChI is InChI=1S/C11H14F2N2O3/c12-8-1-7(2-9(13)3-8)4-14-5-10(16)6-15-11(17)18/h1-3,10,14-16H,4-6H2,(H,17,18). The van der Waals surface area contributed by atoms with Crippen LogP contribution in [0.4, 0.5) is 13.6 Å². The zero-order valence-corrected chi connectivity index (χ0v) is 9.49. The molecular formula is C11H14F2N2O3. The quantitative estimate of drug-likeness (QED) is 0.606. The number of hydrogen-bond donors (Lipinski definition) is 4. The highest BCUT2D eigenvalue weighted by molar-refractivity contribution is 5.64. The van der Waals surface area contributed by atoms with Gasteiger partial charge in [-0.1, -0.05) is 0 Å². The molecule has 0 aliphatic heterocycles. The smallest absolute Gasteiger partial charge is 0.404 e. The van der Waals surface area contributed by atoms with Gasteiger partial charge in [0, 0.05) is 25.7 Å². The average molecular weight is 260 g/mol. The molecule has 1 aromatic rings. The van der Waals surface area contributed by atoms with Crippen molar-refractivity contribution in [1.29, 1.82) is 0 Å². The van der Waals surface area contributed by atoms with Gasteiger partial charge in [-0.05, 0) is 17.7 Å². The van der Waals surface area contributed by atoms with Gasteiger partial charge in [0.15, 0.2) is 0 Å². The molecule has 1 amide bonds. The largest absolute Gasteiger partial charge is 0.465 e. The molecule has 0 spiro atoms. The molecule has 0 aliphatic carbocycles. The van der Waals surface area contributed by atoms with Crippen LogP contribution >= 0.6 is 0 Å². The fourth-order valence-electron chi connectivity index (χ4n) is 1.37. The molecule has 0 saturated carbocycles. The van der Waals surface area contributed by atoms with Gasteiger partial charge >= 0.3 is 6.09 Å². The van der Waals surface area contributed by atoms with Gasteiger partial charge in [0.2, 0.25) is 0 Å². The lowest BCUT2D eigenvalue weighted by atomic mass is 10.2. The predicted octanol–water partition coefficient (Wildman–Crippen LogP) is 0.683. The van der Waals surface area contributed by atoms with Gasteiger partial charge in [0.25, 0.3) is 0 Å². The third-order valence-corrected chi connectivity index (χ3v) is 2.12. The van der Waals surface area contributed by atoms with Crippen molar-refractivity contribution in [3.8, 4) is 0 Å². The minimum absolute atomic E-state index is 0.110. The zero-order chi connectivity index (χ0) is 13.5. The molecule has 0 aliphatic rings.